The van der Waals surface area contributed by atoms with Gasteiger partial charge in [-0.15, -0.1) is 0 Å². The van der Waals surface area contributed by atoms with E-state index in [1.165, 1.54) is 31.4 Å². The van der Waals surface area contributed by atoms with Crippen LogP contribution in [0.15, 0.2) is 46.2 Å². The van der Waals surface area contributed by atoms with Crippen molar-refractivity contribution in [2.75, 3.05) is 26.7 Å². The van der Waals surface area contributed by atoms with Crippen LogP contribution in [0, 0.1) is 10.5 Å². The normalized spacial score (nSPS) is 17.4. The van der Waals surface area contributed by atoms with Gasteiger partial charge >= 0.3 is 10.1 Å². The van der Waals surface area contributed by atoms with Gasteiger partial charge in [0.2, 0.25) is 5.91 Å². The number of carbonyl (C=O) groups is 3. The number of carbonyl (C=O) groups excluding carboxylic acids is 3. The van der Waals surface area contributed by atoms with E-state index in [9.17, 15) is 22.8 Å². The average molecular weight is 657 g/mol. The Kier molecular flexibility index (Phi) is 8.49. The molecular formula is C25H25IN2O7S2. The molecule has 0 N–H and O–H groups in total. The van der Waals surface area contributed by atoms with Crippen molar-refractivity contribution >= 4 is 67.6 Å². The van der Waals surface area contributed by atoms with Crippen molar-refractivity contribution in [3.05, 3.63) is 56.0 Å². The largest absolute Gasteiger partial charge is 0.493 e. The SMILES string of the molecule is COc1cc(/C=C2\SC(=O)N(CC(=O)N3CCCCC3)C2=O)cc(I)c1OS(=O)(=O)c1ccc(C)cc1. The topological polar surface area (TPSA) is 110 Å². The number of hydrogen-bond donors (Lipinski definition) is 0. The van der Waals surface area contributed by atoms with E-state index in [2.05, 4.69) is 0 Å². The average Bonchev–Trinajstić information content (AvgIpc) is 3.13. The van der Waals surface area contributed by atoms with Gasteiger partial charge in [-0.25, -0.2) is 0 Å². The van der Waals surface area contributed by atoms with Crippen LogP contribution in [0.2, 0.25) is 0 Å². The Balaban J connectivity index is 1.54. The third kappa shape index (κ3) is 6.29. The van der Waals surface area contributed by atoms with Crippen LogP contribution in [0.3, 0.4) is 0 Å². The fourth-order valence-electron chi connectivity index (χ4n) is 3.93. The third-order valence-corrected chi connectivity index (χ3v) is 8.87. The van der Waals surface area contributed by atoms with E-state index in [0.29, 0.717) is 22.2 Å². The monoisotopic (exact) mass is 656 g/mol. The van der Waals surface area contributed by atoms with Gasteiger partial charge in [-0.3, -0.25) is 19.3 Å². The van der Waals surface area contributed by atoms with Crippen molar-refractivity contribution in [2.45, 2.75) is 31.1 Å². The van der Waals surface area contributed by atoms with Gasteiger partial charge in [-0.1, -0.05) is 17.7 Å². The first-order valence-corrected chi connectivity index (χ1v) is 14.8. The smallest absolute Gasteiger partial charge is 0.339 e. The van der Waals surface area contributed by atoms with Gasteiger partial charge in [0.15, 0.2) is 11.5 Å². The van der Waals surface area contributed by atoms with Gasteiger partial charge in [0.25, 0.3) is 11.1 Å². The second-order valence-corrected chi connectivity index (χ2v) is 12.3. The third-order valence-electron chi connectivity index (χ3n) is 5.93. The predicted octanol–water partition coefficient (Wildman–Crippen LogP) is 4.42. The van der Waals surface area contributed by atoms with Crippen LogP contribution in [0.4, 0.5) is 4.79 Å². The molecule has 37 heavy (non-hydrogen) atoms. The van der Waals surface area contributed by atoms with Crippen molar-refractivity contribution in [1.82, 2.24) is 9.80 Å². The minimum atomic E-state index is -4.11. The minimum absolute atomic E-state index is 0.00723. The van der Waals surface area contributed by atoms with E-state index in [1.807, 2.05) is 29.5 Å². The van der Waals surface area contributed by atoms with E-state index >= 15 is 0 Å². The van der Waals surface area contributed by atoms with E-state index in [4.69, 9.17) is 8.92 Å². The molecule has 0 bridgehead atoms. The molecule has 4 rings (SSSR count). The maximum Gasteiger partial charge on any atom is 0.339 e. The second kappa shape index (κ2) is 11.4. The van der Waals surface area contributed by atoms with Gasteiger partial charge < -0.3 is 13.8 Å². The summed E-state index contributed by atoms with van der Waals surface area (Å²) in [5.41, 5.74) is 1.42. The Morgan fingerprint density at radius 2 is 1.78 bits per heavy atom. The van der Waals surface area contributed by atoms with Crippen LogP contribution < -0.4 is 8.92 Å². The molecule has 2 aliphatic rings. The standard InChI is InChI=1S/C25H25IN2O7S2/c1-16-6-8-18(9-7-16)37(32,33)35-23-19(26)12-17(13-20(23)34-2)14-21-24(30)28(25(31)36-21)15-22(29)27-10-4-3-5-11-27/h6-9,12-14H,3-5,10-11,15H2,1-2H3/b21-14-. The summed E-state index contributed by atoms with van der Waals surface area (Å²) in [6.45, 7) is 2.84. The fraction of sp³-hybridized carbons (Fsp3) is 0.320. The molecule has 3 amide bonds. The van der Waals surface area contributed by atoms with Gasteiger partial charge in [-0.2, -0.15) is 8.42 Å². The summed E-state index contributed by atoms with van der Waals surface area (Å²) >= 11 is 2.68. The highest BCUT2D eigenvalue weighted by molar-refractivity contribution is 14.1. The summed E-state index contributed by atoms with van der Waals surface area (Å²) in [6.07, 6.45) is 4.41. The molecule has 0 spiro atoms. The lowest BCUT2D eigenvalue weighted by atomic mass is 10.1. The van der Waals surface area contributed by atoms with Crippen LogP contribution in [0.1, 0.15) is 30.4 Å². The van der Waals surface area contributed by atoms with Crippen molar-refractivity contribution in [1.29, 1.82) is 0 Å². The Labute approximate surface area is 233 Å². The number of rotatable bonds is 7. The summed E-state index contributed by atoms with van der Waals surface area (Å²) in [7, 11) is -2.73. The lowest BCUT2D eigenvalue weighted by Gasteiger charge is -2.27. The first kappa shape index (κ1) is 27.5. The van der Waals surface area contributed by atoms with Gasteiger partial charge in [0.05, 0.1) is 15.6 Å². The molecule has 0 radical (unpaired) electrons. The molecule has 0 aliphatic carbocycles. The fourth-order valence-corrected chi connectivity index (χ4v) is 6.61. The number of imide groups is 1. The molecule has 196 valence electrons. The highest BCUT2D eigenvalue weighted by Gasteiger charge is 2.37. The summed E-state index contributed by atoms with van der Waals surface area (Å²) in [6, 6.07) is 9.42. The van der Waals surface area contributed by atoms with Crippen LogP contribution in [0.5, 0.6) is 11.5 Å². The zero-order chi connectivity index (χ0) is 26.7. The molecule has 2 aliphatic heterocycles. The number of benzene rings is 2. The van der Waals surface area contributed by atoms with Crippen LogP contribution in [-0.4, -0.2) is 62.0 Å². The number of likely N-dealkylation sites (tertiary alicyclic amines) is 1. The molecule has 2 fully saturated rings. The lowest BCUT2D eigenvalue weighted by molar-refractivity contribution is -0.136. The molecular weight excluding hydrogens is 631 g/mol. The van der Waals surface area contributed by atoms with E-state index in [1.54, 1.807) is 23.1 Å². The Morgan fingerprint density at radius 1 is 1.11 bits per heavy atom. The number of halogens is 1. The number of aryl methyl sites for hydroxylation is 1. The Morgan fingerprint density at radius 3 is 2.43 bits per heavy atom. The number of ether oxygens (including phenoxy) is 1. The maximum absolute atomic E-state index is 12.9. The molecule has 2 heterocycles. The van der Waals surface area contributed by atoms with E-state index in [-0.39, 0.29) is 33.8 Å². The van der Waals surface area contributed by atoms with Gasteiger partial charge in [0.1, 0.15) is 11.4 Å². The summed E-state index contributed by atoms with van der Waals surface area (Å²) < 4.78 is 36.8. The highest BCUT2D eigenvalue weighted by atomic mass is 127. The zero-order valence-corrected chi connectivity index (χ0v) is 24.0. The number of amides is 3. The van der Waals surface area contributed by atoms with Crippen molar-refractivity contribution in [3.63, 3.8) is 0 Å². The van der Waals surface area contributed by atoms with Crippen molar-refractivity contribution < 1.29 is 31.7 Å². The molecule has 0 saturated carbocycles. The molecule has 0 aromatic heterocycles. The Hall–Kier alpha value is -2.58. The number of piperidine rings is 1. The quantitative estimate of drug-likeness (QED) is 0.245. The molecule has 2 aromatic carbocycles. The number of hydrogen-bond acceptors (Lipinski definition) is 8. The second-order valence-electron chi connectivity index (χ2n) is 8.59. The number of methoxy groups -OCH3 is 1. The van der Waals surface area contributed by atoms with Crippen LogP contribution in [0.25, 0.3) is 6.08 Å². The Bertz CT molecular complexity index is 1370. The number of nitrogens with zero attached hydrogens (tertiary/aromatic N) is 2. The summed E-state index contributed by atoms with van der Waals surface area (Å²) in [4.78, 5) is 40.8. The van der Waals surface area contributed by atoms with Gasteiger partial charge in [0, 0.05) is 13.1 Å². The molecule has 2 saturated heterocycles. The molecule has 0 atom stereocenters. The molecule has 2 aromatic rings. The molecule has 9 nitrogen and oxygen atoms in total. The number of thioether (sulfide) groups is 1. The first-order valence-electron chi connectivity index (χ1n) is 11.5. The molecule has 0 unspecified atom stereocenters. The van der Waals surface area contributed by atoms with Crippen LogP contribution >= 0.6 is 34.4 Å². The predicted molar refractivity (Wildman–Crippen MR) is 148 cm³/mol. The zero-order valence-electron chi connectivity index (χ0n) is 20.2. The van der Waals surface area contributed by atoms with Gasteiger partial charge in [-0.05, 0) is 96.4 Å². The van der Waals surface area contributed by atoms with E-state index < -0.39 is 21.3 Å². The first-order chi connectivity index (χ1) is 17.6. The molecule has 12 heteroatoms. The van der Waals surface area contributed by atoms with E-state index in [0.717, 1.165) is 41.5 Å². The maximum atomic E-state index is 12.9. The van der Waals surface area contributed by atoms with Crippen LogP contribution in [-0.2, 0) is 19.7 Å². The highest BCUT2D eigenvalue weighted by Crippen LogP contribution is 2.38. The van der Waals surface area contributed by atoms with Crippen molar-refractivity contribution in [3.8, 4) is 11.5 Å². The lowest BCUT2D eigenvalue weighted by Crippen LogP contribution is -2.44. The summed E-state index contributed by atoms with van der Waals surface area (Å²) in [5, 5.41) is -0.507. The minimum Gasteiger partial charge on any atom is -0.493 e. The van der Waals surface area contributed by atoms with Crippen molar-refractivity contribution in [2.24, 2.45) is 0 Å². The summed E-state index contributed by atoms with van der Waals surface area (Å²) in [5.74, 6) is -0.623.